The molecule has 2 saturated heterocycles. The lowest BCUT2D eigenvalue weighted by Gasteiger charge is -2.39. The van der Waals surface area contributed by atoms with E-state index in [1.807, 2.05) is 42.4 Å². The lowest BCUT2D eigenvalue weighted by Crippen LogP contribution is -2.50. The number of benzene rings is 3. The van der Waals surface area contributed by atoms with E-state index < -0.39 is 12.1 Å². The summed E-state index contributed by atoms with van der Waals surface area (Å²) < 4.78 is 31.7. The molecule has 3 aliphatic rings. The largest absolute Gasteiger partial charge is 0.490 e. The van der Waals surface area contributed by atoms with Gasteiger partial charge in [-0.25, -0.2) is 4.79 Å². The molecule has 0 aliphatic carbocycles. The second-order valence-corrected chi connectivity index (χ2v) is 12.5. The number of hydrogen-bond acceptors (Lipinski definition) is 6. The Hall–Kier alpha value is -5.03. The number of aromatic nitrogens is 2. The number of carboxylic acid groups (broad SMARTS) is 1. The molecule has 2 fully saturated rings. The van der Waals surface area contributed by atoms with E-state index in [1.54, 1.807) is 0 Å². The number of aryl methyl sites for hydroxylation is 1. The minimum atomic E-state index is -5.08. The summed E-state index contributed by atoms with van der Waals surface area (Å²) in [6, 6.07) is 23.6. The zero-order valence-electron chi connectivity index (χ0n) is 26.4. The number of nitrogens with zero attached hydrogens (tertiary/aromatic N) is 5. The Morgan fingerprint density at radius 1 is 0.875 bits per heavy atom. The van der Waals surface area contributed by atoms with E-state index in [0.29, 0.717) is 12.6 Å². The Morgan fingerprint density at radius 2 is 1.67 bits per heavy atom. The van der Waals surface area contributed by atoms with Gasteiger partial charge < -0.3 is 14.9 Å². The number of pyridine rings is 2. The van der Waals surface area contributed by atoms with E-state index >= 15 is 0 Å². The molecule has 246 valence electrons. The van der Waals surface area contributed by atoms with Crippen LogP contribution in [-0.2, 0) is 11.2 Å². The molecule has 8 rings (SSSR count). The first-order valence-electron chi connectivity index (χ1n) is 16.1. The molecule has 11 heteroatoms. The van der Waals surface area contributed by atoms with Gasteiger partial charge in [0.25, 0.3) is 5.91 Å². The van der Waals surface area contributed by atoms with Gasteiger partial charge in [0.05, 0.1) is 11.2 Å². The van der Waals surface area contributed by atoms with E-state index in [9.17, 15) is 18.0 Å². The minimum absolute atomic E-state index is 0.0488. The normalized spacial score (nSPS) is 17.6. The zero-order valence-corrected chi connectivity index (χ0v) is 26.4. The maximum Gasteiger partial charge on any atom is 0.490 e. The molecule has 0 radical (unpaired) electrons. The van der Waals surface area contributed by atoms with Crippen LogP contribution in [0.5, 0.6) is 0 Å². The molecule has 1 N–H and O–H groups in total. The first-order chi connectivity index (χ1) is 23.1. The van der Waals surface area contributed by atoms with Crippen LogP contribution in [0.25, 0.3) is 32.9 Å². The smallest absolute Gasteiger partial charge is 0.475 e. The van der Waals surface area contributed by atoms with Crippen LogP contribution in [0.3, 0.4) is 0 Å². The fraction of sp³-hybridized carbons (Fsp3) is 0.297. The van der Waals surface area contributed by atoms with Crippen LogP contribution < -0.4 is 9.80 Å². The molecule has 8 nitrogen and oxygen atoms in total. The number of aliphatic carboxylic acids is 1. The van der Waals surface area contributed by atoms with Gasteiger partial charge in [0.2, 0.25) is 0 Å². The molecule has 48 heavy (non-hydrogen) atoms. The quantitative estimate of drug-likeness (QED) is 0.227. The molecule has 0 unspecified atom stereocenters. The molecule has 3 aromatic carbocycles. The maximum atomic E-state index is 14.2. The number of hydrogen-bond donors (Lipinski definition) is 1. The number of alkyl halides is 3. The Labute approximate surface area is 275 Å². The highest BCUT2D eigenvalue weighted by molar-refractivity contribution is 6.17. The standard InChI is InChI=1S/C35H33N5O.C2HF3O2/c1-23-10-11-31(37-21-23)28-8-2-7-27-26(28)6-3-9-29(27)35(41)40-16-13-24-19-32-30(20-34(24)40)33(12-14-36-32)39-18-17-38-15-4-5-25(38)22-39;3-2(4,5)1(6)7/h2-3,6-12,14,19-21,25H,4-5,13,15-18,22H2,1H3;(H,6,7)/t25-;/m0./s1. The van der Waals surface area contributed by atoms with Crippen molar-refractivity contribution in [3.8, 4) is 11.3 Å². The number of rotatable bonds is 3. The molecule has 0 saturated carbocycles. The van der Waals surface area contributed by atoms with E-state index in [4.69, 9.17) is 14.9 Å². The van der Waals surface area contributed by atoms with E-state index in [0.717, 1.165) is 75.8 Å². The van der Waals surface area contributed by atoms with Crippen molar-refractivity contribution in [1.29, 1.82) is 0 Å². The first-order valence-corrected chi connectivity index (χ1v) is 16.1. The van der Waals surface area contributed by atoms with Crippen molar-refractivity contribution in [3.63, 3.8) is 0 Å². The van der Waals surface area contributed by atoms with Gasteiger partial charge in [-0.05, 0) is 85.0 Å². The molecule has 1 atom stereocenters. The summed E-state index contributed by atoms with van der Waals surface area (Å²) >= 11 is 0. The summed E-state index contributed by atoms with van der Waals surface area (Å²) in [4.78, 5) is 39.7. The second kappa shape index (κ2) is 12.5. The summed E-state index contributed by atoms with van der Waals surface area (Å²) in [6.07, 6.45) is 2.18. The molecule has 0 spiro atoms. The number of halogens is 3. The third-order valence-corrected chi connectivity index (χ3v) is 9.57. The fourth-order valence-electron chi connectivity index (χ4n) is 7.20. The van der Waals surface area contributed by atoms with Gasteiger partial charge in [0.15, 0.2) is 0 Å². The van der Waals surface area contributed by atoms with Crippen molar-refractivity contribution in [1.82, 2.24) is 14.9 Å². The maximum absolute atomic E-state index is 14.2. The lowest BCUT2D eigenvalue weighted by atomic mass is 9.97. The van der Waals surface area contributed by atoms with Gasteiger partial charge in [-0.2, -0.15) is 13.2 Å². The molecule has 5 heterocycles. The van der Waals surface area contributed by atoms with Gasteiger partial charge in [-0.3, -0.25) is 19.7 Å². The van der Waals surface area contributed by atoms with Crippen LogP contribution >= 0.6 is 0 Å². The van der Waals surface area contributed by atoms with Crippen LogP contribution in [0, 0.1) is 6.92 Å². The summed E-state index contributed by atoms with van der Waals surface area (Å²) in [7, 11) is 0. The van der Waals surface area contributed by atoms with Crippen LogP contribution in [0.2, 0.25) is 0 Å². The Morgan fingerprint density at radius 3 is 2.44 bits per heavy atom. The number of carboxylic acids is 1. The summed E-state index contributed by atoms with van der Waals surface area (Å²) in [5.41, 5.74) is 8.29. The second-order valence-electron chi connectivity index (χ2n) is 12.5. The number of piperazine rings is 1. The Kier molecular flexibility index (Phi) is 8.24. The van der Waals surface area contributed by atoms with Crippen molar-refractivity contribution < 1.29 is 27.9 Å². The van der Waals surface area contributed by atoms with Crippen LogP contribution in [-0.4, -0.2) is 76.8 Å². The highest BCUT2D eigenvalue weighted by atomic mass is 19.4. The highest BCUT2D eigenvalue weighted by Crippen LogP contribution is 2.38. The van der Waals surface area contributed by atoms with Crippen molar-refractivity contribution in [2.24, 2.45) is 0 Å². The molecule has 0 bridgehead atoms. The van der Waals surface area contributed by atoms with Crippen LogP contribution in [0.4, 0.5) is 24.5 Å². The Balaban J connectivity index is 0.000000473. The van der Waals surface area contributed by atoms with Gasteiger partial charge >= 0.3 is 12.1 Å². The average Bonchev–Trinajstić information content (AvgIpc) is 3.73. The van der Waals surface area contributed by atoms with Crippen LogP contribution in [0.1, 0.15) is 34.3 Å². The Bertz CT molecular complexity index is 2030. The molecule has 5 aromatic rings. The van der Waals surface area contributed by atoms with Crippen molar-refractivity contribution >= 4 is 44.9 Å². The summed E-state index contributed by atoms with van der Waals surface area (Å²) in [5.74, 6) is -2.71. The van der Waals surface area contributed by atoms with E-state index in [1.165, 1.54) is 30.6 Å². The SMILES string of the molecule is Cc1ccc(-c2cccc3c(C(=O)N4CCc5cc6nccc(N7CCN8CCC[C@H]8C7)c6cc54)cccc23)nc1.O=C(O)C(F)(F)F. The fourth-order valence-corrected chi connectivity index (χ4v) is 7.20. The van der Waals surface area contributed by atoms with E-state index in [-0.39, 0.29) is 5.91 Å². The lowest BCUT2D eigenvalue weighted by molar-refractivity contribution is -0.192. The molecular weight excluding hydrogens is 619 g/mol. The molecule has 1 amide bonds. The zero-order chi connectivity index (χ0) is 33.6. The third kappa shape index (κ3) is 5.94. The topological polar surface area (TPSA) is 89.9 Å². The summed E-state index contributed by atoms with van der Waals surface area (Å²) in [6.45, 7) is 7.16. The number of carbonyl (C=O) groups excluding carboxylic acids is 1. The first kappa shape index (κ1) is 31.6. The predicted molar refractivity (Wildman–Crippen MR) is 180 cm³/mol. The molecular formula is C37H34F3N5O3. The highest BCUT2D eigenvalue weighted by Gasteiger charge is 2.38. The van der Waals surface area contributed by atoms with E-state index in [2.05, 4.69) is 63.3 Å². The van der Waals surface area contributed by atoms with Crippen LogP contribution in [0.15, 0.2) is 79.1 Å². The number of anilines is 2. The van der Waals surface area contributed by atoms with Crippen molar-refractivity contribution in [2.45, 2.75) is 38.4 Å². The monoisotopic (exact) mass is 653 g/mol. The van der Waals surface area contributed by atoms with Gasteiger partial charge in [0.1, 0.15) is 0 Å². The minimum Gasteiger partial charge on any atom is -0.475 e. The average molecular weight is 654 g/mol. The number of fused-ring (bicyclic) bond motifs is 4. The third-order valence-electron chi connectivity index (χ3n) is 9.57. The van der Waals surface area contributed by atoms with Gasteiger partial charge in [0, 0.05) is 72.5 Å². The molecule has 2 aromatic heterocycles. The molecule has 3 aliphatic heterocycles. The van der Waals surface area contributed by atoms with Crippen molar-refractivity contribution in [3.05, 3.63) is 95.8 Å². The van der Waals surface area contributed by atoms with Gasteiger partial charge in [-0.1, -0.05) is 36.4 Å². The van der Waals surface area contributed by atoms with Crippen molar-refractivity contribution in [2.75, 3.05) is 42.5 Å². The summed E-state index contributed by atoms with van der Waals surface area (Å²) in [5, 5.41) is 10.3. The number of carbonyl (C=O) groups is 2. The number of amides is 1. The van der Waals surface area contributed by atoms with Gasteiger partial charge in [-0.15, -0.1) is 0 Å². The predicted octanol–water partition coefficient (Wildman–Crippen LogP) is 6.88.